The molecule has 0 N–H and O–H groups in total. The number of alkyl halides is 1. The van der Waals surface area contributed by atoms with Crippen LogP contribution in [-0.2, 0) is 10.5 Å². The maximum absolute atomic E-state index is 14.3. The highest BCUT2D eigenvalue weighted by Crippen LogP contribution is 2.40. The number of rotatable bonds is 2. The molecule has 0 aromatic heterocycles. The van der Waals surface area contributed by atoms with Gasteiger partial charge in [0.25, 0.3) is 0 Å². The summed E-state index contributed by atoms with van der Waals surface area (Å²) in [6.07, 6.45) is 1.97. The van der Waals surface area contributed by atoms with Crippen LogP contribution in [0.3, 0.4) is 0 Å². The van der Waals surface area contributed by atoms with E-state index in [-0.39, 0.29) is 24.9 Å². The fourth-order valence-corrected chi connectivity index (χ4v) is 2.22. The molecule has 2 aliphatic rings. The summed E-state index contributed by atoms with van der Waals surface area (Å²) in [5, 5.41) is 0. The van der Waals surface area contributed by atoms with Crippen molar-refractivity contribution in [2.75, 3.05) is 13.1 Å². The van der Waals surface area contributed by atoms with E-state index >= 15 is 0 Å². The molecule has 3 rings (SSSR count). The second kappa shape index (κ2) is 3.30. The molecular formula is C13H14FNO. The first kappa shape index (κ1) is 9.82. The lowest BCUT2D eigenvalue weighted by atomic mass is 9.87. The van der Waals surface area contributed by atoms with Gasteiger partial charge in [-0.15, -0.1) is 0 Å². The van der Waals surface area contributed by atoms with Gasteiger partial charge in [-0.3, -0.25) is 4.79 Å². The van der Waals surface area contributed by atoms with E-state index in [2.05, 4.69) is 0 Å². The van der Waals surface area contributed by atoms with Crippen LogP contribution >= 0.6 is 0 Å². The summed E-state index contributed by atoms with van der Waals surface area (Å²) in [6, 6.07) is 9.13. The van der Waals surface area contributed by atoms with Crippen LogP contribution in [0.15, 0.2) is 30.3 Å². The topological polar surface area (TPSA) is 20.3 Å². The zero-order valence-corrected chi connectivity index (χ0v) is 9.03. The van der Waals surface area contributed by atoms with Gasteiger partial charge in [0.1, 0.15) is 0 Å². The molecule has 84 valence electrons. The summed E-state index contributed by atoms with van der Waals surface area (Å²) in [4.78, 5) is 13.3. The molecule has 0 atom stereocenters. The minimum Gasteiger partial charge on any atom is -0.335 e. The van der Waals surface area contributed by atoms with E-state index in [4.69, 9.17) is 0 Å². The number of halogens is 1. The Kier molecular flexibility index (Phi) is 2.03. The van der Waals surface area contributed by atoms with Gasteiger partial charge in [0.15, 0.2) is 5.67 Å². The van der Waals surface area contributed by atoms with Crippen molar-refractivity contribution in [2.24, 2.45) is 5.92 Å². The molecule has 1 aliphatic heterocycles. The van der Waals surface area contributed by atoms with E-state index in [0.717, 1.165) is 12.8 Å². The molecular weight excluding hydrogens is 205 g/mol. The van der Waals surface area contributed by atoms with Crippen LogP contribution in [0.2, 0.25) is 0 Å². The zero-order chi connectivity index (χ0) is 11.2. The SMILES string of the molecule is O=C(C1CC1)N1CC(F)(c2ccccc2)C1. The molecule has 0 unspecified atom stereocenters. The van der Waals surface area contributed by atoms with Gasteiger partial charge in [-0.2, -0.15) is 0 Å². The van der Waals surface area contributed by atoms with Crippen molar-refractivity contribution in [1.29, 1.82) is 0 Å². The zero-order valence-electron chi connectivity index (χ0n) is 9.03. The maximum atomic E-state index is 14.3. The van der Waals surface area contributed by atoms with Gasteiger partial charge in [0.2, 0.25) is 5.91 Å². The Balaban J connectivity index is 1.69. The third-order valence-corrected chi connectivity index (χ3v) is 3.41. The van der Waals surface area contributed by atoms with Gasteiger partial charge in [-0.1, -0.05) is 30.3 Å². The summed E-state index contributed by atoms with van der Waals surface area (Å²) < 4.78 is 14.3. The number of hydrogen-bond donors (Lipinski definition) is 0. The van der Waals surface area contributed by atoms with E-state index in [9.17, 15) is 9.18 Å². The Morgan fingerprint density at radius 1 is 1.25 bits per heavy atom. The third-order valence-electron chi connectivity index (χ3n) is 3.41. The van der Waals surface area contributed by atoms with Crippen molar-refractivity contribution in [3.05, 3.63) is 35.9 Å². The van der Waals surface area contributed by atoms with Crippen LogP contribution in [-0.4, -0.2) is 23.9 Å². The first-order chi connectivity index (χ1) is 7.69. The van der Waals surface area contributed by atoms with Crippen molar-refractivity contribution in [1.82, 2.24) is 4.90 Å². The lowest BCUT2D eigenvalue weighted by Gasteiger charge is -2.44. The van der Waals surface area contributed by atoms with Crippen LogP contribution in [0.5, 0.6) is 0 Å². The number of carbonyl (C=O) groups excluding carboxylic acids is 1. The van der Waals surface area contributed by atoms with Crippen molar-refractivity contribution < 1.29 is 9.18 Å². The number of amides is 1. The monoisotopic (exact) mass is 219 g/mol. The third kappa shape index (κ3) is 1.51. The molecule has 1 saturated carbocycles. The van der Waals surface area contributed by atoms with E-state index in [1.54, 1.807) is 17.0 Å². The minimum atomic E-state index is -1.31. The molecule has 16 heavy (non-hydrogen) atoms. The molecule has 3 heteroatoms. The molecule has 0 bridgehead atoms. The fraction of sp³-hybridized carbons (Fsp3) is 0.462. The van der Waals surface area contributed by atoms with E-state index < -0.39 is 5.67 Å². The number of benzene rings is 1. The second-order valence-corrected chi connectivity index (χ2v) is 4.80. The summed E-state index contributed by atoms with van der Waals surface area (Å²) in [6.45, 7) is 0.457. The van der Waals surface area contributed by atoms with Crippen LogP contribution in [0.25, 0.3) is 0 Å². The molecule has 2 nitrogen and oxygen atoms in total. The molecule has 1 amide bonds. The predicted octanol–water partition coefficient (Wildman–Crippen LogP) is 2.10. The average molecular weight is 219 g/mol. The van der Waals surface area contributed by atoms with Gasteiger partial charge in [0.05, 0.1) is 13.1 Å². The normalized spacial score (nSPS) is 22.7. The lowest BCUT2D eigenvalue weighted by molar-refractivity contribution is -0.147. The van der Waals surface area contributed by atoms with Crippen LogP contribution in [0.4, 0.5) is 4.39 Å². The molecule has 0 spiro atoms. The Labute approximate surface area is 94.1 Å². The summed E-state index contributed by atoms with van der Waals surface area (Å²) in [7, 11) is 0. The number of nitrogens with zero attached hydrogens (tertiary/aromatic N) is 1. The number of carbonyl (C=O) groups is 1. The first-order valence-electron chi connectivity index (χ1n) is 5.72. The standard InChI is InChI=1S/C13H14FNO/c14-13(11-4-2-1-3-5-11)8-15(9-13)12(16)10-6-7-10/h1-5,10H,6-9H2. The van der Waals surface area contributed by atoms with Gasteiger partial charge >= 0.3 is 0 Å². The van der Waals surface area contributed by atoms with Gasteiger partial charge in [-0.25, -0.2) is 4.39 Å². The maximum Gasteiger partial charge on any atom is 0.225 e. The highest BCUT2D eigenvalue weighted by Gasteiger charge is 2.49. The first-order valence-corrected chi connectivity index (χ1v) is 5.72. The van der Waals surface area contributed by atoms with Crippen molar-refractivity contribution in [3.63, 3.8) is 0 Å². The van der Waals surface area contributed by atoms with Gasteiger partial charge < -0.3 is 4.90 Å². The van der Waals surface area contributed by atoms with E-state index in [0.29, 0.717) is 5.56 Å². The summed E-state index contributed by atoms with van der Waals surface area (Å²) >= 11 is 0. The van der Waals surface area contributed by atoms with E-state index in [1.165, 1.54) is 0 Å². The van der Waals surface area contributed by atoms with Crippen LogP contribution in [0, 0.1) is 5.92 Å². The van der Waals surface area contributed by atoms with Gasteiger partial charge in [0, 0.05) is 5.92 Å². The number of likely N-dealkylation sites (tertiary alicyclic amines) is 1. The highest BCUT2D eigenvalue weighted by molar-refractivity contribution is 5.82. The van der Waals surface area contributed by atoms with Crippen LogP contribution in [0.1, 0.15) is 18.4 Å². The Morgan fingerprint density at radius 3 is 2.44 bits per heavy atom. The smallest absolute Gasteiger partial charge is 0.225 e. The largest absolute Gasteiger partial charge is 0.335 e. The van der Waals surface area contributed by atoms with Crippen molar-refractivity contribution >= 4 is 5.91 Å². The minimum absolute atomic E-state index is 0.143. The molecule has 1 aromatic carbocycles. The molecule has 2 fully saturated rings. The van der Waals surface area contributed by atoms with Crippen molar-refractivity contribution in [2.45, 2.75) is 18.5 Å². The molecule has 0 radical (unpaired) electrons. The average Bonchev–Trinajstić information content (AvgIpc) is 3.09. The molecule has 1 aliphatic carbocycles. The predicted molar refractivity (Wildman–Crippen MR) is 58.5 cm³/mol. The summed E-state index contributed by atoms with van der Waals surface area (Å²) in [5.74, 6) is 0.338. The summed E-state index contributed by atoms with van der Waals surface area (Å²) in [5.41, 5.74) is -0.624. The van der Waals surface area contributed by atoms with Crippen LogP contribution < -0.4 is 0 Å². The Hall–Kier alpha value is -1.38. The fourth-order valence-electron chi connectivity index (χ4n) is 2.22. The Bertz CT molecular complexity index is 407. The van der Waals surface area contributed by atoms with Gasteiger partial charge in [-0.05, 0) is 18.4 Å². The quantitative estimate of drug-likeness (QED) is 0.746. The molecule has 1 saturated heterocycles. The van der Waals surface area contributed by atoms with E-state index in [1.807, 2.05) is 18.2 Å². The number of hydrogen-bond acceptors (Lipinski definition) is 1. The second-order valence-electron chi connectivity index (χ2n) is 4.80. The molecule has 1 heterocycles. The van der Waals surface area contributed by atoms with Crippen molar-refractivity contribution in [3.8, 4) is 0 Å². The lowest BCUT2D eigenvalue weighted by Crippen LogP contribution is -2.59. The Morgan fingerprint density at radius 2 is 1.88 bits per heavy atom. The highest BCUT2D eigenvalue weighted by atomic mass is 19.1. The molecule has 1 aromatic rings.